The molecule has 17 aromatic rings. The van der Waals surface area contributed by atoms with Crippen LogP contribution in [0.3, 0.4) is 0 Å². The Balaban J connectivity index is 0.611. The van der Waals surface area contributed by atoms with E-state index in [-0.39, 0.29) is 38.4 Å². The summed E-state index contributed by atoms with van der Waals surface area (Å²) in [6.07, 6.45) is 0.949. The molecule has 0 N–H and O–H groups in total. The molecule has 0 spiro atoms. The minimum Gasteiger partial charge on any atom is -0.310 e. The molecule has 6 aliphatic carbocycles. The van der Waals surface area contributed by atoms with E-state index in [9.17, 15) is 0 Å². The van der Waals surface area contributed by atoms with Gasteiger partial charge < -0.3 is 14.0 Å². The van der Waals surface area contributed by atoms with Crippen LogP contribution < -0.4 is 4.90 Å². The summed E-state index contributed by atoms with van der Waals surface area (Å²) in [6, 6.07) is 118. The van der Waals surface area contributed by atoms with Crippen molar-refractivity contribution in [2.45, 2.75) is 128 Å². The highest BCUT2D eigenvalue weighted by Gasteiger charge is 2.44. The van der Waals surface area contributed by atoms with Crippen LogP contribution in [0, 0.1) is 0 Å². The molecule has 2 aromatic heterocycles. The fourth-order valence-corrected chi connectivity index (χ4v) is 22.7. The molecule has 0 fully saturated rings. The van der Waals surface area contributed by atoms with Crippen molar-refractivity contribution in [1.29, 1.82) is 0 Å². The van der Waals surface area contributed by atoms with Crippen molar-refractivity contribution >= 4 is 60.7 Å². The quantitative estimate of drug-likeness (QED) is 0.155. The predicted molar refractivity (Wildman–Crippen MR) is 474 cm³/mol. The van der Waals surface area contributed by atoms with Crippen molar-refractivity contribution in [3.05, 3.63) is 387 Å². The van der Waals surface area contributed by atoms with Gasteiger partial charge in [-0.05, 0) is 266 Å². The van der Waals surface area contributed by atoms with Gasteiger partial charge in [-0.3, -0.25) is 0 Å². The Morgan fingerprint density at radius 1 is 0.239 bits per heavy atom. The number of rotatable bonds is 7. The average Bonchev–Trinajstić information content (AvgIpc) is 1.53. The Bertz CT molecular complexity index is 7090. The SMILES string of the molecule is CC1(C)c2ccc(N(c3ccc4c(c3)C(C)(C)c3ccccc3-4)c3ccc4c(c3)C(C)(C)c3cc5c(cc3-4)c3ccccc3n5-c3ccc4c(c3)C(C)(C)c3ccccc3-4)cc2-c2ccc(-c3ccc4c(c3)-c3ccc(-n5c6ccccc6c6cc7c(cc65)C(C)(C)c5ccccc5C(c5ccccc5)C7)cc3C4(C)C)cc21. The van der Waals surface area contributed by atoms with Crippen LogP contribution in [0.15, 0.2) is 303 Å². The zero-order chi connectivity index (χ0) is 76.5. The molecule has 0 amide bonds. The van der Waals surface area contributed by atoms with Gasteiger partial charge in [-0.25, -0.2) is 0 Å². The van der Waals surface area contributed by atoms with Crippen molar-refractivity contribution in [2.24, 2.45) is 0 Å². The van der Waals surface area contributed by atoms with E-state index in [1.807, 2.05) is 0 Å². The normalized spacial score (nSPS) is 17.0. The first-order chi connectivity index (χ1) is 54.5. The Labute approximate surface area is 663 Å². The number of fused-ring (bicyclic) bond motifs is 23. The van der Waals surface area contributed by atoms with Crippen LogP contribution in [0.5, 0.6) is 0 Å². The van der Waals surface area contributed by atoms with Gasteiger partial charge in [0.05, 0.1) is 22.1 Å². The van der Waals surface area contributed by atoms with E-state index < -0.39 is 0 Å². The van der Waals surface area contributed by atoms with Crippen LogP contribution in [0.1, 0.15) is 172 Å². The third-order valence-electron chi connectivity index (χ3n) is 28.7. The molecule has 544 valence electrons. The van der Waals surface area contributed by atoms with E-state index >= 15 is 0 Å². The maximum Gasteiger partial charge on any atom is 0.0544 e. The van der Waals surface area contributed by atoms with E-state index in [4.69, 9.17) is 0 Å². The highest BCUT2D eigenvalue weighted by Crippen LogP contribution is 2.60. The first-order valence-electron chi connectivity index (χ1n) is 40.9. The van der Waals surface area contributed by atoms with E-state index in [1.165, 1.54) is 205 Å². The fourth-order valence-electron chi connectivity index (χ4n) is 22.7. The van der Waals surface area contributed by atoms with E-state index in [0.717, 1.165) is 23.5 Å². The second kappa shape index (κ2) is 22.7. The lowest BCUT2D eigenvalue weighted by Gasteiger charge is -2.30. The number of nitrogens with zero attached hydrogens (tertiary/aromatic N) is 3. The zero-order valence-electron chi connectivity index (χ0n) is 66.5. The Morgan fingerprint density at radius 2 is 0.611 bits per heavy atom. The summed E-state index contributed by atoms with van der Waals surface area (Å²) >= 11 is 0. The van der Waals surface area contributed by atoms with Gasteiger partial charge in [-0.1, -0.05) is 277 Å². The van der Waals surface area contributed by atoms with Gasteiger partial charge in [0.15, 0.2) is 0 Å². The van der Waals surface area contributed by atoms with E-state index in [0.29, 0.717) is 0 Å². The van der Waals surface area contributed by atoms with Crippen LogP contribution in [-0.2, 0) is 38.9 Å². The Kier molecular flexibility index (Phi) is 13.4. The van der Waals surface area contributed by atoms with Gasteiger partial charge in [0.2, 0.25) is 0 Å². The molecular formula is C110H89N3. The van der Waals surface area contributed by atoms with Gasteiger partial charge >= 0.3 is 0 Å². The van der Waals surface area contributed by atoms with E-state index in [2.05, 4.69) is 400 Å². The number of hydrogen-bond acceptors (Lipinski definition) is 1. The third-order valence-corrected chi connectivity index (χ3v) is 28.7. The summed E-state index contributed by atoms with van der Waals surface area (Å²) in [5, 5.41) is 5.16. The summed E-state index contributed by atoms with van der Waals surface area (Å²) in [6.45, 7) is 29.1. The zero-order valence-corrected chi connectivity index (χ0v) is 66.5. The van der Waals surface area contributed by atoms with Crippen LogP contribution in [0.2, 0.25) is 0 Å². The smallest absolute Gasteiger partial charge is 0.0544 e. The number of anilines is 3. The van der Waals surface area contributed by atoms with Gasteiger partial charge in [0, 0.05) is 88.4 Å². The maximum atomic E-state index is 2.56. The lowest BCUT2D eigenvalue weighted by Crippen LogP contribution is -2.21. The summed E-state index contributed by atoms with van der Waals surface area (Å²) in [5.41, 5.74) is 45.9. The molecule has 23 rings (SSSR count). The standard InChI is InChI=1S/C110H89N3/c1-105(2)91-35-23-18-30-75(91)83(64-26-14-13-15-27-64)53-67-54-87-81-31-19-24-36-101(81)112(103(87)62-94(67)105)72-43-49-79-84-52-65(39-50-92(84)109(9,10)98(79)60-72)66-38-45-78-85-56-68(44-51-93(85)108(7,8)95(78)55-66)111(69-40-46-76-73-28-16-21-33-89(73)106(3,4)96(76)57-69)70-41-48-80-86-61-88-82-32-20-25-37-102(82)113(104(88)63-100(86)110(11,12)99(80)58-70)71-42-47-77-74-29-17-22-34-90(74)107(5,6)97(77)59-71/h13-52,54-63,83H,53H2,1-12H3. The molecule has 0 saturated carbocycles. The van der Waals surface area contributed by atoms with Crippen LogP contribution in [0.4, 0.5) is 17.1 Å². The number of benzene rings is 15. The van der Waals surface area contributed by atoms with Gasteiger partial charge in [0.25, 0.3) is 0 Å². The average molecular weight is 1450 g/mol. The van der Waals surface area contributed by atoms with Gasteiger partial charge in [-0.15, -0.1) is 0 Å². The maximum absolute atomic E-state index is 2.56. The lowest BCUT2D eigenvalue weighted by molar-refractivity contribution is 0.636. The molecule has 1 atom stereocenters. The van der Waals surface area contributed by atoms with Crippen molar-refractivity contribution in [3.8, 4) is 78.1 Å². The summed E-state index contributed by atoms with van der Waals surface area (Å²) < 4.78 is 5.10. The molecule has 0 aliphatic heterocycles. The van der Waals surface area contributed by atoms with E-state index in [1.54, 1.807) is 0 Å². The summed E-state index contributed by atoms with van der Waals surface area (Å²) in [4.78, 5) is 2.56. The minimum atomic E-state index is -0.318. The second-order valence-corrected chi connectivity index (χ2v) is 36.7. The topological polar surface area (TPSA) is 13.1 Å². The fraction of sp³-hybridized carbons (Fsp3) is 0.182. The van der Waals surface area contributed by atoms with Crippen LogP contribution in [0.25, 0.3) is 122 Å². The molecule has 15 aromatic carbocycles. The molecule has 0 radical (unpaired) electrons. The van der Waals surface area contributed by atoms with Gasteiger partial charge in [-0.2, -0.15) is 0 Å². The largest absolute Gasteiger partial charge is 0.310 e. The third kappa shape index (κ3) is 8.97. The highest BCUT2D eigenvalue weighted by molar-refractivity contribution is 6.13. The first-order valence-corrected chi connectivity index (χ1v) is 40.9. The highest BCUT2D eigenvalue weighted by atomic mass is 15.1. The summed E-state index contributed by atoms with van der Waals surface area (Å²) in [7, 11) is 0. The van der Waals surface area contributed by atoms with Gasteiger partial charge in [0.1, 0.15) is 0 Å². The lowest BCUT2D eigenvalue weighted by atomic mass is 9.75. The number of para-hydroxylation sites is 2. The van der Waals surface area contributed by atoms with Crippen molar-refractivity contribution < 1.29 is 0 Å². The van der Waals surface area contributed by atoms with Crippen LogP contribution >= 0.6 is 0 Å². The molecule has 0 saturated heterocycles. The monoisotopic (exact) mass is 1450 g/mol. The van der Waals surface area contributed by atoms with Crippen molar-refractivity contribution in [1.82, 2.24) is 9.13 Å². The molecule has 3 nitrogen and oxygen atoms in total. The Hall–Kier alpha value is -12.3. The molecule has 2 heterocycles. The molecule has 1 unspecified atom stereocenters. The molecular weight excluding hydrogens is 1360 g/mol. The Morgan fingerprint density at radius 3 is 1.20 bits per heavy atom. The molecule has 0 bridgehead atoms. The number of hydrogen-bond donors (Lipinski definition) is 0. The molecule has 113 heavy (non-hydrogen) atoms. The second-order valence-electron chi connectivity index (χ2n) is 36.7. The first kappa shape index (κ1) is 66.5. The summed E-state index contributed by atoms with van der Waals surface area (Å²) in [5.74, 6) is 0.261. The van der Waals surface area contributed by atoms with Crippen molar-refractivity contribution in [3.63, 3.8) is 0 Å². The molecule has 6 aliphatic rings. The molecule has 3 heteroatoms. The van der Waals surface area contributed by atoms with Crippen molar-refractivity contribution in [2.75, 3.05) is 4.90 Å². The predicted octanol–water partition coefficient (Wildman–Crippen LogP) is 28.6. The van der Waals surface area contributed by atoms with Crippen LogP contribution in [-0.4, -0.2) is 9.13 Å². The number of aromatic nitrogens is 2. The minimum absolute atomic E-state index is 0.114.